The number of carbonyl (C=O) groups excluding carboxylic acids is 1. The van der Waals surface area contributed by atoms with Crippen molar-refractivity contribution < 1.29 is 9.53 Å². The van der Waals surface area contributed by atoms with E-state index < -0.39 is 0 Å². The van der Waals surface area contributed by atoms with Crippen LogP contribution in [0.5, 0.6) is 5.75 Å². The van der Waals surface area contributed by atoms with Gasteiger partial charge < -0.3 is 15.8 Å². The molecule has 0 fully saturated rings. The Bertz CT molecular complexity index is 364. The molecule has 0 atom stereocenters. The third-order valence-corrected chi connectivity index (χ3v) is 2.32. The average Bonchev–Trinajstić information content (AvgIpc) is 2.29. The second-order valence-electron chi connectivity index (χ2n) is 3.47. The standard InChI is InChI=1S/C12H18N2O2/c1-3-9-8-10(4-5-11(9)16-2)14-12(15)6-7-13/h4-5,8H,3,6-7,13H2,1-2H3,(H,14,15). The first kappa shape index (κ1) is 12.5. The van der Waals surface area contributed by atoms with Crippen molar-refractivity contribution in [3.63, 3.8) is 0 Å². The summed E-state index contributed by atoms with van der Waals surface area (Å²) >= 11 is 0. The fourth-order valence-corrected chi connectivity index (χ4v) is 1.49. The van der Waals surface area contributed by atoms with Crippen LogP contribution in [0.2, 0.25) is 0 Å². The van der Waals surface area contributed by atoms with Crippen molar-refractivity contribution in [3.8, 4) is 5.75 Å². The highest BCUT2D eigenvalue weighted by Crippen LogP contribution is 2.22. The third-order valence-electron chi connectivity index (χ3n) is 2.32. The van der Waals surface area contributed by atoms with Crippen LogP contribution in [0.1, 0.15) is 18.9 Å². The number of anilines is 1. The van der Waals surface area contributed by atoms with E-state index in [1.807, 2.05) is 25.1 Å². The van der Waals surface area contributed by atoms with Gasteiger partial charge in [0, 0.05) is 18.7 Å². The Morgan fingerprint density at radius 2 is 2.25 bits per heavy atom. The number of nitrogens with two attached hydrogens (primary N) is 1. The lowest BCUT2D eigenvalue weighted by molar-refractivity contribution is -0.116. The molecule has 0 spiro atoms. The van der Waals surface area contributed by atoms with Crippen molar-refractivity contribution in [1.29, 1.82) is 0 Å². The number of nitrogens with one attached hydrogen (secondary N) is 1. The van der Waals surface area contributed by atoms with Crippen molar-refractivity contribution in [3.05, 3.63) is 23.8 Å². The predicted octanol–water partition coefficient (Wildman–Crippen LogP) is 1.54. The van der Waals surface area contributed by atoms with Crippen LogP contribution in [0.25, 0.3) is 0 Å². The molecule has 0 saturated carbocycles. The zero-order valence-electron chi connectivity index (χ0n) is 9.75. The number of carbonyl (C=O) groups is 1. The molecule has 16 heavy (non-hydrogen) atoms. The lowest BCUT2D eigenvalue weighted by Crippen LogP contribution is -2.16. The molecule has 0 aliphatic heterocycles. The molecule has 0 saturated heterocycles. The van der Waals surface area contributed by atoms with Gasteiger partial charge in [-0.05, 0) is 30.2 Å². The molecule has 4 heteroatoms. The first-order valence-corrected chi connectivity index (χ1v) is 5.38. The van der Waals surface area contributed by atoms with E-state index in [0.29, 0.717) is 13.0 Å². The lowest BCUT2D eigenvalue weighted by atomic mass is 10.1. The summed E-state index contributed by atoms with van der Waals surface area (Å²) < 4.78 is 5.21. The summed E-state index contributed by atoms with van der Waals surface area (Å²) in [5, 5.41) is 2.79. The van der Waals surface area contributed by atoms with Crippen LogP contribution in [-0.4, -0.2) is 19.6 Å². The molecule has 0 heterocycles. The zero-order chi connectivity index (χ0) is 12.0. The molecular weight excluding hydrogens is 204 g/mol. The second kappa shape index (κ2) is 6.12. The molecule has 3 N–H and O–H groups in total. The molecule has 88 valence electrons. The Morgan fingerprint density at radius 3 is 2.81 bits per heavy atom. The quantitative estimate of drug-likeness (QED) is 0.794. The smallest absolute Gasteiger partial charge is 0.225 e. The van der Waals surface area contributed by atoms with Crippen LogP contribution in [-0.2, 0) is 11.2 Å². The third kappa shape index (κ3) is 3.24. The van der Waals surface area contributed by atoms with Crippen molar-refractivity contribution >= 4 is 11.6 Å². The normalized spacial score (nSPS) is 9.94. The Hall–Kier alpha value is -1.55. The Labute approximate surface area is 95.8 Å². The highest BCUT2D eigenvalue weighted by atomic mass is 16.5. The number of hydrogen-bond donors (Lipinski definition) is 2. The van der Waals surface area contributed by atoms with Crippen LogP contribution in [0.15, 0.2) is 18.2 Å². The van der Waals surface area contributed by atoms with Crippen LogP contribution < -0.4 is 15.8 Å². The summed E-state index contributed by atoms with van der Waals surface area (Å²) in [6.07, 6.45) is 1.21. The van der Waals surface area contributed by atoms with Gasteiger partial charge in [0.2, 0.25) is 5.91 Å². The van der Waals surface area contributed by atoms with Gasteiger partial charge in [0.1, 0.15) is 5.75 Å². The van der Waals surface area contributed by atoms with E-state index >= 15 is 0 Å². The minimum atomic E-state index is -0.0604. The lowest BCUT2D eigenvalue weighted by Gasteiger charge is -2.10. The fourth-order valence-electron chi connectivity index (χ4n) is 1.49. The molecule has 1 rings (SSSR count). The summed E-state index contributed by atoms with van der Waals surface area (Å²) in [5.41, 5.74) is 7.17. The van der Waals surface area contributed by atoms with Crippen LogP contribution >= 0.6 is 0 Å². The van der Waals surface area contributed by atoms with Gasteiger partial charge in [-0.3, -0.25) is 4.79 Å². The Kier molecular flexibility index (Phi) is 4.79. The molecular formula is C12H18N2O2. The van der Waals surface area contributed by atoms with E-state index in [-0.39, 0.29) is 5.91 Å². The molecule has 0 aliphatic rings. The largest absolute Gasteiger partial charge is 0.496 e. The minimum Gasteiger partial charge on any atom is -0.496 e. The number of hydrogen-bond acceptors (Lipinski definition) is 3. The van der Waals surface area contributed by atoms with E-state index in [1.165, 1.54) is 0 Å². The van der Waals surface area contributed by atoms with E-state index in [1.54, 1.807) is 7.11 Å². The predicted molar refractivity (Wildman–Crippen MR) is 64.7 cm³/mol. The zero-order valence-corrected chi connectivity index (χ0v) is 9.75. The molecule has 4 nitrogen and oxygen atoms in total. The number of amides is 1. The van der Waals surface area contributed by atoms with Crippen molar-refractivity contribution in [1.82, 2.24) is 0 Å². The van der Waals surface area contributed by atoms with E-state index in [4.69, 9.17) is 10.5 Å². The first-order chi connectivity index (χ1) is 7.71. The summed E-state index contributed by atoms with van der Waals surface area (Å²) in [5.74, 6) is 0.786. The molecule has 0 unspecified atom stereocenters. The number of benzene rings is 1. The first-order valence-electron chi connectivity index (χ1n) is 5.38. The number of ether oxygens (including phenoxy) is 1. The molecule has 1 aromatic carbocycles. The fraction of sp³-hybridized carbons (Fsp3) is 0.417. The van der Waals surface area contributed by atoms with Gasteiger partial charge >= 0.3 is 0 Å². The van der Waals surface area contributed by atoms with Gasteiger partial charge in [0.15, 0.2) is 0 Å². The molecule has 1 aromatic rings. The highest BCUT2D eigenvalue weighted by Gasteiger charge is 2.05. The van der Waals surface area contributed by atoms with Crippen molar-refractivity contribution in [2.24, 2.45) is 5.73 Å². The van der Waals surface area contributed by atoms with E-state index in [9.17, 15) is 4.79 Å². The maximum atomic E-state index is 11.3. The molecule has 0 aromatic heterocycles. The second-order valence-corrected chi connectivity index (χ2v) is 3.47. The number of methoxy groups -OCH3 is 1. The molecule has 0 aliphatic carbocycles. The molecule has 1 amide bonds. The number of rotatable bonds is 5. The van der Waals surface area contributed by atoms with Gasteiger partial charge in [0.25, 0.3) is 0 Å². The summed E-state index contributed by atoms with van der Waals surface area (Å²) in [4.78, 5) is 11.3. The monoisotopic (exact) mass is 222 g/mol. The maximum absolute atomic E-state index is 11.3. The SMILES string of the molecule is CCc1cc(NC(=O)CCN)ccc1OC. The Balaban J connectivity index is 2.78. The van der Waals surface area contributed by atoms with Gasteiger partial charge in [-0.1, -0.05) is 6.92 Å². The van der Waals surface area contributed by atoms with Gasteiger partial charge in [-0.25, -0.2) is 0 Å². The summed E-state index contributed by atoms with van der Waals surface area (Å²) in [7, 11) is 1.64. The highest BCUT2D eigenvalue weighted by molar-refractivity contribution is 5.91. The minimum absolute atomic E-state index is 0.0604. The van der Waals surface area contributed by atoms with Crippen LogP contribution in [0.4, 0.5) is 5.69 Å². The summed E-state index contributed by atoms with van der Waals surface area (Å²) in [6, 6.07) is 5.61. The van der Waals surface area contributed by atoms with E-state index in [0.717, 1.165) is 23.4 Å². The van der Waals surface area contributed by atoms with Crippen molar-refractivity contribution in [2.45, 2.75) is 19.8 Å². The van der Waals surface area contributed by atoms with Gasteiger partial charge in [-0.2, -0.15) is 0 Å². The average molecular weight is 222 g/mol. The molecule has 0 bridgehead atoms. The topological polar surface area (TPSA) is 64.4 Å². The Morgan fingerprint density at radius 1 is 1.50 bits per heavy atom. The van der Waals surface area contributed by atoms with Gasteiger partial charge in [-0.15, -0.1) is 0 Å². The van der Waals surface area contributed by atoms with Crippen molar-refractivity contribution in [2.75, 3.05) is 19.0 Å². The van der Waals surface area contributed by atoms with E-state index in [2.05, 4.69) is 5.32 Å². The van der Waals surface area contributed by atoms with Crippen LogP contribution in [0.3, 0.4) is 0 Å². The van der Waals surface area contributed by atoms with Crippen LogP contribution in [0, 0.1) is 0 Å². The maximum Gasteiger partial charge on any atom is 0.225 e. The molecule has 0 radical (unpaired) electrons. The summed E-state index contributed by atoms with van der Waals surface area (Å²) in [6.45, 7) is 2.41. The van der Waals surface area contributed by atoms with Gasteiger partial charge in [0.05, 0.1) is 7.11 Å². The number of aryl methyl sites for hydroxylation is 1.